The van der Waals surface area contributed by atoms with Gasteiger partial charge in [0.2, 0.25) is 0 Å². The minimum absolute atomic E-state index is 0.183. The normalized spacial score (nSPS) is 12.2. The number of hydrogen-bond donors (Lipinski definition) is 1. The van der Waals surface area contributed by atoms with Gasteiger partial charge < -0.3 is 5.32 Å². The van der Waals surface area contributed by atoms with Crippen LogP contribution in [0.1, 0.15) is 18.1 Å². The topological polar surface area (TPSA) is 12.0 Å². The van der Waals surface area contributed by atoms with Gasteiger partial charge in [-0.05, 0) is 84.3 Å². The fourth-order valence-electron chi connectivity index (χ4n) is 2.08. The van der Waals surface area contributed by atoms with E-state index in [1.54, 1.807) is 0 Å². The summed E-state index contributed by atoms with van der Waals surface area (Å²) in [4.78, 5) is 0. The first-order valence-corrected chi connectivity index (χ1v) is 7.39. The highest BCUT2D eigenvalue weighted by Gasteiger charge is 2.06. The van der Waals surface area contributed by atoms with Gasteiger partial charge in [0.05, 0.1) is 0 Å². The Balaban J connectivity index is 2.01. The van der Waals surface area contributed by atoms with E-state index in [-0.39, 0.29) is 5.82 Å². The molecule has 0 aliphatic carbocycles. The van der Waals surface area contributed by atoms with Crippen LogP contribution in [0.2, 0.25) is 0 Å². The Hall–Kier alpha value is -1.10. The predicted octanol–water partition coefficient (Wildman–Crippen LogP) is 4.78. The number of rotatable bonds is 4. The quantitative estimate of drug-likeness (QED) is 0.765. The Morgan fingerprint density at radius 2 is 1.84 bits per heavy atom. The molecular formula is C16H17FIN. The van der Waals surface area contributed by atoms with Crippen LogP contribution in [0, 0.1) is 16.3 Å². The zero-order valence-electron chi connectivity index (χ0n) is 11.1. The summed E-state index contributed by atoms with van der Waals surface area (Å²) in [6.07, 6.45) is 0.881. The number of benzene rings is 2. The molecule has 1 atom stereocenters. The number of aryl methyl sites for hydroxylation is 1. The average molecular weight is 369 g/mol. The zero-order valence-corrected chi connectivity index (χ0v) is 13.2. The Bertz CT molecular complexity index is 551. The second-order valence-electron chi connectivity index (χ2n) is 4.84. The summed E-state index contributed by atoms with van der Waals surface area (Å²) >= 11 is 2.31. The second-order valence-corrected chi connectivity index (χ2v) is 6.08. The maximum Gasteiger partial charge on any atom is 0.123 e. The van der Waals surface area contributed by atoms with Gasteiger partial charge in [-0.3, -0.25) is 0 Å². The highest BCUT2D eigenvalue weighted by Crippen LogP contribution is 2.19. The van der Waals surface area contributed by atoms with Crippen molar-refractivity contribution < 1.29 is 4.39 Å². The number of nitrogens with one attached hydrogen (secondary N) is 1. The van der Waals surface area contributed by atoms with Crippen LogP contribution in [-0.4, -0.2) is 6.04 Å². The fraction of sp³-hybridized carbons (Fsp3) is 0.250. The third kappa shape index (κ3) is 4.20. The molecule has 0 amide bonds. The molecule has 2 aromatic rings. The van der Waals surface area contributed by atoms with E-state index in [0.717, 1.165) is 17.7 Å². The molecule has 3 heteroatoms. The van der Waals surface area contributed by atoms with Gasteiger partial charge in [0, 0.05) is 15.3 Å². The first-order chi connectivity index (χ1) is 9.04. The Morgan fingerprint density at radius 1 is 1.16 bits per heavy atom. The van der Waals surface area contributed by atoms with Crippen molar-refractivity contribution in [3.05, 3.63) is 63.0 Å². The fourth-order valence-corrected chi connectivity index (χ4v) is 2.73. The highest BCUT2D eigenvalue weighted by molar-refractivity contribution is 14.1. The molecule has 0 saturated carbocycles. The van der Waals surface area contributed by atoms with Crippen LogP contribution in [-0.2, 0) is 6.42 Å². The standard InChI is InChI=1S/C16H17FIN/c1-11-9-15(18)7-8-16(11)19-12(2)10-13-3-5-14(17)6-4-13/h3-9,12,19H,10H2,1-2H3. The lowest BCUT2D eigenvalue weighted by Crippen LogP contribution is -2.18. The van der Waals surface area contributed by atoms with Crippen molar-refractivity contribution in [2.75, 3.05) is 5.32 Å². The highest BCUT2D eigenvalue weighted by atomic mass is 127. The minimum Gasteiger partial charge on any atom is -0.382 e. The molecule has 100 valence electrons. The van der Waals surface area contributed by atoms with Crippen LogP contribution < -0.4 is 5.32 Å². The SMILES string of the molecule is Cc1cc(I)ccc1NC(C)Cc1ccc(F)cc1. The van der Waals surface area contributed by atoms with E-state index in [0.29, 0.717) is 6.04 Å². The third-order valence-corrected chi connectivity index (χ3v) is 3.72. The molecule has 1 nitrogen and oxygen atoms in total. The largest absolute Gasteiger partial charge is 0.382 e. The van der Waals surface area contributed by atoms with Crippen molar-refractivity contribution in [2.24, 2.45) is 0 Å². The van der Waals surface area contributed by atoms with E-state index >= 15 is 0 Å². The maximum absolute atomic E-state index is 12.8. The van der Waals surface area contributed by atoms with Crippen LogP contribution in [0.4, 0.5) is 10.1 Å². The molecular weight excluding hydrogens is 352 g/mol. The Morgan fingerprint density at radius 3 is 2.47 bits per heavy atom. The number of halogens is 2. The van der Waals surface area contributed by atoms with Crippen LogP contribution in [0.15, 0.2) is 42.5 Å². The molecule has 0 heterocycles. The molecule has 0 radical (unpaired) electrons. The summed E-state index contributed by atoms with van der Waals surface area (Å²) in [5.74, 6) is -0.183. The van der Waals surface area contributed by atoms with E-state index in [9.17, 15) is 4.39 Å². The molecule has 0 fully saturated rings. The maximum atomic E-state index is 12.8. The van der Waals surface area contributed by atoms with Gasteiger partial charge in [0.15, 0.2) is 0 Å². The average Bonchev–Trinajstić information content (AvgIpc) is 2.36. The monoisotopic (exact) mass is 369 g/mol. The molecule has 19 heavy (non-hydrogen) atoms. The summed E-state index contributed by atoms with van der Waals surface area (Å²) < 4.78 is 14.1. The zero-order chi connectivity index (χ0) is 13.8. The first kappa shape index (κ1) is 14.3. The van der Waals surface area contributed by atoms with E-state index in [4.69, 9.17) is 0 Å². The van der Waals surface area contributed by atoms with Crippen LogP contribution in [0.3, 0.4) is 0 Å². The van der Waals surface area contributed by atoms with Crippen molar-refractivity contribution in [3.63, 3.8) is 0 Å². The van der Waals surface area contributed by atoms with Crippen LogP contribution >= 0.6 is 22.6 Å². The number of hydrogen-bond acceptors (Lipinski definition) is 1. The van der Waals surface area contributed by atoms with Gasteiger partial charge in [-0.2, -0.15) is 0 Å². The molecule has 1 N–H and O–H groups in total. The van der Waals surface area contributed by atoms with Gasteiger partial charge in [0.1, 0.15) is 5.82 Å². The molecule has 2 aromatic carbocycles. The van der Waals surface area contributed by atoms with E-state index in [1.807, 2.05) is 12.1 Å². The molecule has 0 aliphatic heterocycles. The van der Waals surface area contributed by atoms with Crippen molar-refractivity contribution in [1.29, 1.82) is 0 Å². The van der Waals surface area contributed by atoms with E-state index < -0.39 is 0 Å². The van der Waals surface area contributed by atoms with Gasteiger partial charge in [-0.1, -0.05) is 12.1 Å². The lowest BCUT2D eigenvalue weighted by atomic mass is 10.1. The van der Waals surface area contributed by atoms with Gasteiger partial charge >= 0.3 is 0 Å². The first-order valence-electron chi connectivity index (χ1n) is 6.32. The van der Waals surface area contributed by atoms with E-state index in [2.05, 4.69) is 60.0 Å². The Kier molecular flexibility index (Phi) is 4.80. The molecule has 1 unspecified atom stereocenters. The summed E-state index contributed by atoms with van der Waals surface area (Å²) in [6.45, 7) is 4.25. The van der Waals surface area contributed by atoms with Gasteiger partial charge in [-0.15, -0.1) is 0 Å². The third-order valence-electron chi connectivity index (χ3n) is 3.05. The second kappa shape index (κ2) is 6.37. The van der Waals surface area contributed by atoms with Gasteiger partial charge in [-0.25, -0.2) is 4.39 Å². The van der Waals surface area contributed by atoms with Crippen molar-refractivity contribution in [3.8, 4) is 0 Å². The van der Waals surface area contributed by atoms with Crippen molar-refractivity contribution >= 4 is 28.3 Å². The van der Waals surface area contributed by atoms with Gasteiger partial charge in [0.25, 0.3) is 0 Å². The molecule has 0 aromatic heterocycles. The lowest BCUT2D eigenvalue weighted by Gasteiger charge is -2.17. The molecule has 0 bridgehead atoms. The predicted molar refractivity (Wildman–Crippen MR) is 87.1 cm³/mol. The Labute approximate surface area is 127 Å². The minimum atomic E-state index is -0.183. The summed E-state index contributed by atoms with van der Waals surface area (Å²) in [5, 5.41) is 3.50. The molecule has 0 spiro atoms. The molecule has 0 aliphatic rings. The van der Waals surface area contributed by atoms with Crippen molar-refractivity contribution in [2.45, 2.75) is 26.3 Å². The molecule has 2 rings (SSSR count). The number of anilines is 1. The summed E-state index contributed by atoms with van der Waals surface area (Å²) in [7, 11) is 0. The summed E-state index contributed by atoms with van der Waals surface area (Å²) in [6, 6.07) is 13.4. The molecule has 0 saturated heterocycles. The summed E-state index contributed by atoms with van der Waals surface area (Å²) in [5.41, 5.74) is 3.55. The smallest absolute Gasteiger partial charge is 0.123 e. The van der Waals surface area contributed by atoms with E-state index in [1.165, 1.54) is 21.3 Å². The van der Waals surface area contributed by atoms with Crippen LogP contribution in [0.25, 0.3) is 0 Å². The van der Waals surface area contributed by atoms with Crippen molar-refractivity contribution in [1.82, 2.24) is 0 Å². The lowest BCUT2D eigenvalue weighted by molar-refractivity contribution is 0.626. The van der Waals surface area contributed by atoms with Crippen LogP contribution in [0.5, 0.6) is 0 Å².